The maximum absolute atomic E-state index is 12.4. The summed E-state index contributed by atoms with van der Waals surface area (Å²) in [5, 5.41) is 4.04. The third kappa shape index (κ3) is 2.50. The summed E-state index contributed by atoms with van der Waals surface area (Å²) in [7, 11) is 0. The fourth-order valence-electron chi connectivity index (χ4n) is 2.12. The van der Waals surface area contributed by atoms with E-state index in [2.05, 4.69) is 5.32 Å². The summed E-state index contributed by atoms with van der Waals surface area (Å²) >= 11 is 6.15. The van der Waals surface area contributed by atoms with E-state index < -0.39 is 6.67 Å². The van der Waals surface area contributed by atoms with Crippen LogP contribution in [-0.2, 0) is 6.67 Å². The van der Waals surface area contributed by atoms with Crippen LogP contribution in [0.2, 0.25) is 5.02 Å². The molecule has 0 saturated carbocycles. The largest absolute Gasteiger partial charge is 0.317 e. The Morgan fingerprint density at radius 1 is 1.33 bits per heavy atom. The van der Waals surface area contributed by atoms with E-state index in [1.165, 1.54) is 5.56 Å². The quantitative estimate of drug-likeness (QED) is 0.818. The molecule has 82 valence electrons. The molecular weight excluding hydrogens is 213 g/mol. The summed E-state index contributed by atoms with van der Waals surface area (Å²) in [5.41, 5.74) is 1.84. The van der Waals surface area contributed by atoms with Gasteiger partial charge in [-0.05, 0) is 49.0 Å². The first-order valence-corrected chi connectivity index (χ1v) is 5.74. The SMILES string of the molecule is FCc1ccc(C2CCNCC2)c(Cl)c1. The molecule has 1 aliphatic rings. The van der Waals surface area contributed by atoms with Gasteiger partial charge in [-0.15, -0.1) is 0 Å². The van der Waals surface area contributed by atoms with Crippen LogP contribution in [0.4, 0.5) is 4.39 Å². The molecule has 0 aliphatic carbocycles. The molecule has 1 saturated heterocycles. The highest BCUT2D eigenvalue weighted by atomic mass is 35.5. The van der Waals surface area contributed by atoms with Gasteiger partial charge in [-0.25, -0.2) is 4.39 Å². The number of benzene rings is 1. The average molecular weight is 228 g/mol. The van der Waals surface area contributed by atoms with Crippen molar-refractivity contribution >= 4 is 11.6 Å². The zero-order valence-corrected chi connectivity index (χ0v) is 9.36. The van der Waals surface area contributed by atoms with Crippen LogP contribution in [0.3, 0.4) is 0 Å². The van der Waals surface area contributed by atoms with Gasteiger partial charge in [0.25, 0.3) is 0 Å². The van der Waals surface area contributed by atoms with Gasteiger partial charge in [-0.3, -0.25) is 0 Å². The van der Waals surface area contributed by atoms with E-state index in [-0.39, 0.29) is 0 Å². The lowest BCUT2D eigenvalue weighted by molar-refractivity contribution is 0.459. The summed E-state index contributed by atoms with van der Waals surface area (Å²) in [5.74, 6) is 0.535. The van der Waals surface area contributed by atoms with Gasteiger partial charge in [0.2, 0.25) is 0 Å². The fraction of sp³-hybridized carbons (Fsp3) is 0.500. The van der Waals surface area contributed by atoms with Crippen molar-refractivity contribution in [2.75, 3.05) is 13.1 Å². The molecule has 1 aliphatic heterocycles. The normalized spacial score (nSPS) is 18.0. The number of halogens is 2. The Morgan fingerprint density at radius 3 is 2.67 bits per heavy atom. The lowest BCUT2D eigenvalue weighted by Crippen LogP contribution is -2.26. The van der Waals surface area contributed by atoms with E-state index >= 15 is 0 Å². The van der Waals surface area contributed by atoms with Crippen LogP contribution in [-0.4, -0.2) is 13.1 Å². The predicted molar refractivity (Wildman–Crippen MR) is 61.1 cm³/mol. The predicted octanol–water partition coefficient (Wildman–Crippen LogP) is 3.28. The Morgan fingerprint density at radius 2 is 2.07 bits per heavy atom. The lowest BCUT2D eigenvalue weighted by Gasteiger charge is -2.24. The number of nitrogens with one attached hydrogen (secondary N) is 1. The van der Waals surface area contributed by atoms with Crippen LogP contribution in [0, 0.1) is 0 Å². The first kappa shape index (κ1) is 10.9. The monoisotopic (exact) mass is 227 g/mol. The van der Waals surface area contributed by atoms with E-state index in [0.29, 0.717) is 11.5 Å². The van der Waals surface area contributed by atoms with Gasteiger partial charge in [-0.2, -0.15) is 0 Å². The minimum atomic E-state index is -0.438. The van der Waals surface area contributed by atoms with Crippen molar-refractivity contribution in [3.8, 4) is 0 Å². The zero-order chi connectivity index (χ0) is 10.7. The van der Waals surface area contributed by atoms with E-state index in [9.17, 15) is 4.39 Å². The van der Waals surface area contributed by atoms with Crippen LogP contribution in [0.25, 0.3) is 0 Å². The molecule has 15 heavy (non-hydrogen) atoms. The molecular formula is C12H15ClFN. The Bertz CT molecular complexity index is 334. The Labute approximate surface area is 94.6 Å². The van der Waals surface area contributed by atoms with E-state index in [4.69, 9.17) is 11.6 Å². The zero-order valence-electron chi connectivity index (χ0n) is 8.60. The van der Waals surface area contributed by atoms with Crippen molar-refractivity contribution in [1.29, 1.82) is 0 Å². The molecule has 0 atom stereocenters. The van der Waals surface area contributed by atoms with Gasteiger partial charge in [0, 0.05) is 5.02 Å². The molecule has 2 rings (SSSR count). The second-order valence-electron chi connectivity index (χ2n) is 4.01. The number of rotatable bonds is 2. The first-order valence-electron chi connectivity index (χ1n) is 5.36. The maximum atomic E-state index is 12.4. The molecule has 0 spiro atoms. The minimum Gasteiger partial charge on any atom is -0.317 e. The third-order valence-corrected chi connectivity index (χ3v) is 3.33. The number of hydrogen-bond donors (Lipinski definition) is 1. The second kappa shape index (κ2) is 4.95. The number of alkyl halides is 1. The molecule has 0 unspecified atom stereocenters. The van der Waals surface area contributed by atoms with Gasteiger partial charge >= 0.3 is 0 Å². The van der Waals surface area contributed by atoms with Gasteiger partial charge in [0.15, 0.2) is 0 Å². The summed E-state index contributed by atoms with van der Waals surface area (Å²) in [4.78, 5) is 0. The highest BCUT2D eigenvalue weighted by Gasteiger charge is 2.17. The van der Waals surface area contributed by atoms with Crippen LogP contribution in [0.5, 0.6) is 0 Å². The number of piperidine rings is 1. The van der Waals surface area contributed by atoms with Crippen LogP contribution in [0.15, 0.2) is 18.2 Å². The maximum Gasteiger partial charge on any atom is 0.115 e. The van der Waals surface area contributed by atoms with Crippen LogP contribution < -0.4 is 5.32 Å². The summed E-state index contributed by atoms with van der Waals surface area (Å²) in [6.45, 7) is 1.66. The van der Waals surface area contributed by atoms with Gasteiger partial charge in [0.05, 0.1) is 0 Å². The second-order valence-corrected chi connectivity index (χ2v) is 4.42. The molecule has 0 radical (unpaired) electrons. The molecule has 3 heteroatoms. The molecule has 1 aromatic carbocycles. The van der Waals surface area contributed by atoms with E-state index in [1.807, 2.05) is 12.1 Å². The van der Waals surface area contributed by atoms with E-state index in [0.717, 1.165) is 31.0 Å². The molecule has 1 N–H and O–H groups in total. The minimum absolute atomic E-state index is 0.438. The molecule has 1 aromatic rings. The van der Waals surface area contributed by atoms with Crippen molar-refractivity contribution in [3.63, 3.8) is 0 Å². The van der Waals surface area contributed by atoms with Gasteiger partial charge in [-0.1, -0.05) is 23.7 Å². The average Bonchev–Trinajstić information content (AvgIpc) is 2.30. The van der Waals surface area contributed by atoms with Gasteiger partial charge < -0.3 is 5.32 Å². The highest BCUT2D eigenvalue weighted by Crippen LogP contribution is 2.31. The van der Waals surface area contributed by atoms with Gasteiger partial charge in [0.1, 0.15) is 6.67 Å². The van der Waals surface area contributed by atoms with Crippen molar-refractivity contribution in [2.45, 2.75) is 25.4 Å². The van der Waals surface area contributed by atoms with Crippen molar-refractivity contribution in [1.82, 2.24) is 5.32 Å². The molecule has 0 amide bonds. The summed E-state index contributed by atoms with van der Waals surface area (Å²) in [6.07, 6.45) is 2.24. The highest BCUT2D eigenvalue weighted by molar-refractivity contribution is 6.31. The number of hydrogen-bond acceptors (Lipinski definition) is 1. The van der Waals surface area contributed by atoms with Crippen LogP contribution in [0.1, 0.15) is 29.9 Å². The summed E-state index contributed by atoms with van der Waals surface area (Å²) in [6, 6.07) is 5.56. The molecule has 1 heterocycles. The van der Waals surface area contributed by atoms with Crippen molar-refractivity contribution in [3.05, 3.63) is 34.3 Å². The first-order chi connectivity index (χ1) is 7.31. The Hall–Kier alpha value is -0.600. The van der Waals surface area contributed by atoms with Crippen molar-refractivity contribution < 1.29 is 4.39 Å². The Kier molecular flexibility index (Phi) is 3.60. The topological polar surface area (TPSA) is 12.0 Å². The standard InChI is InChI=1S/C12H15ClFN/c13-12-7-9(8-14)1-2-11(12)10-3-5-15-6-4-10/h1-2,7,10,15H,3-6,8H2. The lowest BCUT2D eigenvalue weighted by atomic mass is 9.90. The Balaban J connectivity index is 2.19. The van der Waals surface area contributed by atoms with Crippen LogP contribution >= 0.6 is 11.6 Å². The van der Waals surface area contributed by atoms with Crippen molar-refractivity contribution in [2.24, 2.45) is 0 Å². The summed E-state index contributed by atoms with van der Waals surface area (Å²) < 4.78 is 12.4. The fourth-order valence-corrected chi connectivity index (χ4v) is 2.48. The molecule has 0 aromatic heterocycles. The molecule has 1 nitrogen and oxygen atoms in total. The third-order valence-electron chi connectivity index (χ3n) is 3.00. The molecule has 0 bridgehead atoms. The van der Waals surface area contributed by atoms with E-state index in [1.54, 1.807) is 6.07 Å². The smallest absolute Gasteiger partial charge is 0.115 e. The molecule has 1 fully saturated rings.